The molecule has 1 unspecified atom stereocenters. The zero-order valence-electron chi connectivity index (χ0n) is 13.8. The lowest BCUT2D eigenvalue weighted by Gasteiger charge is -2.36. The van der Waals surface area contributed by atoms with E-state index in [9.17, 15) is 4.79 Å². The van der Waals surface area contributed by atoms with Crippen LogP contribution in [0.4, 0.5) is 0 Å². The van der Waals surface area contributed by atoms with E-state index in [1.807, 2.05) is 56.3 Å². The van der Waals surface area contributed by atoms with Gasteiger partial charge in [0.25, 0.3) is 0 Å². The number of fused-ring (bicyclic) bond motifs is 1. The molecule has 1 heterocycles. The van der Waals surface area contributed by atoms with Crippen molar-refractivity contribution < 1.29 is 19.0 Å². The predicted octanol–water partition coefficient (Wildman–Crippen LogP) is 3.63. The first kappa shape index (κ1) is 15.4. The minimum atomic E-state index is -0.702. The number of rotatable bonds is 3. The highest BCUT2D eigenvalue weighted by atomic mass is 16.5. The standard InChI is InChI=1S/C19H20O4/c1-19(2)14-6-5-7-15(22-4)16(14)17(23-18(19)20)12-8-10-13(21-3)11-9-12/h5-11,17H,1-4H3. The van der Waals surface area contributed by atoms with E-state index in [4.69, 9.17) is 14.2 Å². The largest absolute Gasteiger partial charge is 0.497 e. The monoisotopic (exact) mass is 312 g/mol. The summed E-state index contributed by atoms with van der Waals surface area (Å²) in [5.41, 5.74) is 2.03. The summed E-state index contributed by atoms with van der Waals surface area (Å²) in [6.45, 7) is 3.75. The van der Waals surface area contributed by atoms with Gasteiger partial charge in [0, 0.05) is 5.56 Å². The Labute approximate surface area is 136 Å². The molecule has 23 heavy (non-hydrogen) atoms. The van der Waals surface area contributed by atoms with E-state index in [2.05, 4.69) is 0 Å². The number of ether oxygens (including phenoxy) is 3. The molecule has 1 aliphatic rings. The molecule has 0 saturated carbocycles. The van der Waals surface area contributed by atoms with Gasteiger partial charge < -0.3 is 14.2 Å². The van der Waals surface area contributed by atoms with Crippen LogP contribution in [0.2, 0.25) is 0 Å². The number of benzene rings is 2. The molecule has 4 heteroatoms. The summed E-state index contributed by atoms with van der Waals surface area (Å²) in [6, 6.07) is 13.3. The molecule has 0 N–H and O–H groups in total. The van der Waals surface area contributed by atoms with Crippen LogP contribution >= 0.6 is 0 Å². The Bertz CT molecular complexity index is 732. The highest BCUT2D eigenvalue weighted by molar-refractivity contribution is 5.85. The zero-order chi connectivity index (χ0) is 16.6. The number of hydrogen-bond donors (Lipinski definition) is 0. The molecule has 0 amide bonds. The average Bonchev–Trinajstić information content (AvgIpc) is 2.58. The molecule has 3 rings (SSSR count). The van der Waals surface area contributed by atoms with Gasteiger partial charge in [-0.25, -0.2) is 0 Å². The third kappa shape index (κ3) is 2.44. The van der Waals surface area contributed by atoms with Gasteiger partial charge in [0.2, 0.25) is 0 Å². The molecule has 0 saturated heterocycles. The number of methoxy groups -OCH3 is 2. The molecule has 2 aromatic rings. The number of cyclic esters (lactones) is 1. The van der Waals surface area contributed by atoms with Crippen LogP contribution in [0.5, 0.6) is 11.5 Å². The number of esters is 1. The Hall–Kier alpha value is -2.49. The Morgan fingerprint density at radius 2 is 1.70 bits per heavy atom. The second kappa shape index (κ2) is 5.61. The maximum atomic E-state index is 12.5. The van der Waals surface area contributed by atoms with Crippen molar-refractivity contribution in [1.29, 1.82) is 0 Å². The normalized spacial score (nSPS) is 18.8. The van der Waals surface area contributed by atoms with Crippen LogP contribution in [0.25, 0.3) is 0 Å². The Kier molecular flexibility index (Phi) is 3.76. The van der Waals surface area contributed by atoms with Crippen molar-refractivity contribution in [3.63, 3.8) is 0 Å². The molecule has 1 atom stereocenters. The Morgan fingerprint density at radius 3 is 2.30 bits per heavy atom. The van der Waals surface area contributed by atoms with Crippen molar-refractivity contribution in [2.75, 3.05) is 14.2 Å². The molecule has 4 nitrogen and oxygen atoms in total. The molecule has 0 radical (unpaired) electrons. The molecule has 0 spiro atoms. The molecule has 0 bridgehead atoms. The summed E-state index contributed by atoms with van der Waals surface area (Å²) in [6.07, 6.45) is -0.479. The van der Waals surface area contributed by atoms with Crippen LogP contribution in [-0.4, -0.2) is 20.2 Å². The van der Waals surface area contributed by atoms with Gasteiger partial charge in [0.15, 0.2) is 6.10 Å². The molecule has 0 fully saturated rings. The van der Waals surface area contributed by atoms with Crippen molar-refractivity contribution in [1.82, 2.24) is 0 Å². The van der Waals surface area contributed by atoms with Crippen LogP contribution in [0.15, 0.2) is 42.5 Å². The summed E-state index contributed by atoms with van der Waals surface area (Å²) in [5.74, 6) is 1.25. The van der Waals surface area contributed by atoms with Gasteiger partial charge in [0.1, 0.15) is 11.5 Å². The van der Waals surface area contributed by atoms with Crippen molar-refractivity contribution in [2.24, 2.45) is 0 Å². The lowest BCUT2D eigenvalue weighted by atomic mass is 9.77. The van der Waals surface area contributed by atoms with E-state index in [0.717, 1.165) is 28.2 Å². The predicted molar refractivity (Wildman–Crippen MR) is 86.9 cm³/mol. The Morgan fingerprint density at radius 1 is 1.00 bits per heavy atom. The highest BCUT2D eigenvalue weighted by Gasteiger charge is 2.43. The van der Waals surface area contributed by atoms with Gasteiger partial charge in [0.05, 0.1) is 19.6 Å². The number of carbonyl (C=O) groups is 1. The fraction of sp³-hybridized carbons (Fsp3) is 0.316. The summed E-state index contributed by atoms with van der Waals surface area (Å²) in [7, 11) is 3.25. The fourth-order valence-corrected chi connectivity index (χ4v) is 2.97. The summed E-state index contributed by atoms with van der Waals surface area (Å²) >= 11 is 0. The maximum Gasteiger partial charge on any atom is 0.316 e. The first-order valence-electron chi connectivity index (χ1n) is 7.51. The van der Waals surface area contributed by atoms with E-state index in [0.29, 0.717) is 0 Å². The molecular formula is C19H20O4. The van der Waals surface area contributed by atoms with Crippen molar-refractivity contribution >= 4 is 5.97 Å². The van der Waals surface area contributed by atoms with E-state index >= 15 is 0 Å². The van der Waals surface area contributed by atoms with Gasteiger partial charge in [-0.2, -0.15) is 0 Å². The maximum absolute atomic E-state index is 12.5. The zero-order valence-corrected chi connectivity index (χ0v) is 13.8. The third-order valence-corrected chi connectivity index (χ3v) is 4.38. The molecule has 0 aliphatic carbocycles. The lowest BCUT2D eigenvalue weighted by Crippen LogP contribution is -2.38. The van der Waals surface area contributed by atoms with Crippen molar-refractivity contribution in [3.05, 3.63) is 59.2 Å². The van der Waals surface area contributed by atoms with Gasteiger partial charge in [-0.3, -0.25) is 4.79 Å². The average molecular weight is 312 g/mol. The Balaban J connectivity index is 2.17. The highest BCUT2D eigenvalue weighted by Crippen LogP contribution is 2.45. The van der Waals surface area contributed by atoms with Gasteiger partial charge in [-0.05, 0) is 43.2 Å². The lowest BCUT2D eigenvalue weighted by molar-refractivity contribution is -0.155. The van der Waals surface area contributed by atoms with Gasteiger partial charge in [-0.15, -0.1) is 0 Å². The molecular weight excluding hydrogens is 292 g/mol. The number of hydrogen-bond acceptors (Lipinski definition) is 4. The molecule has 1 aliphatic heterocycles. The summed E-state index contributed by atoms with van der Waals surface area (Å²) < 4.78 is 16.5. The second-order valence-corrected chi connectivity index (χ2v) is 6.11. The molecule has 0 aromatic heterocycles. The number of carbonyl (C=O) groups excluding carboxylic acids is 1. The SMILES string of the molecule is COc1ccc(C2OC(=O)C(C)(C)c3cccc(OC)c32)cc1. The van der Waals surface area contributed by atoms with Gasteiger partial charge in [-0.1, -0.05) is 24.3 Å². The van der Waals surface area contributed by atoms with Crippen molar-refractivity contribution in [3.8, 4) is 11.5 Å². The van der Waals surface area contributed by atoms with E-state index in [1.165, 1.54) is 0 Å². The third-order valence-electron chi connectivity index (χ3n) is 4.38. The van der Waals surface area contributed by atoms with Crippen LogP contribution in [0.1, 0.15) is 36.6 Å². The van der Waals surface area contributed by atoms with Gasteiger partial charge >= 0.3 is 5.97 Å². The summed E-state index contributed by atoms with van der Waals surface area (Å²) in [4.78, 5) is 12.5. The molecule has 120 valence electrons. The van der Waals surface area contributed by atoms with Crippen LogP contribution < -0.4 is 9.47 Å². The van der Waals surface area contributed by atoms with E-state index in [-0.39, 0.29) is 5.97 Å². The van der Waals surface area contributed by atoms with Crippen LogP contribution in [-0.2, 0) is 14.9 Å². The smallest absolute Gasteiger partial charge is 0.316 e. The quantitative estimate of drug-likeness (QED) is 0.812. The topological polar surface area (TPSA) is 44.8 Å². The summed E-state index contributed by atoms with van der Waals surface area (Å²) in [5, 5.41) is 0. The van der Waals surface area contributed by atoms with Crippen LogP contribution in [0, 0.1) is 0 Å². The second-order valence-electron chi connectivity index (χ2n) is 6.11. The fourth-order valence-electron chi connectivity index (χ4n) is 2.97. The van der Waals surface area contributed by atoms with E-state index < -0.39 is 11.5 Å². The molecule has 2 aromatic carbocycles. The van der Waals surface area contributed by atoms with E-state index in [1.54, 1.807) is 14.2 Å². The first-order valence-corrected chi connectivity index (χ1v) is 7.51. The van der Waals surface area contributed by atoms with Crippen molar-refractivity contribution in [2.45, 2.75) is 25.4 Å². The first-order chi connectivity index (χ1) is 11.0. The minimum Gasteiger partial charge on any atom is -0.497 e. The minimum absolute atomic E-state index is 0.237. The van der Waals surface area contributed by atoms with Crippen LogP contribution in [0.3, 0.4) is 0 Å².